The first-order valence-corrected chi connectivity index (χ1v) is 19.3. The van der Waals surface area contributed by atoms with Crippen LogP contribution in [0.1, 0.15) is 72.3 Å². The van der Waals surface area contributed by atoms with Crippen LogP contribution >= 0.6 is 11.6 Å². The third-order valence-electron chi connectivity index (χ3n) is 11.1. The van der Waals surface area contributed by atoms with Gasteiger partial charge in [0.15, 0.2) is 6.29 Å². The second-order valence-corrected chi connectivity index (χ2v) is 15.3. The number of carbonyl (C=O) groups excluding carboxylic acids is 2. The number of nitrogens with one attached hydrogen (secondary N) is 1. The summed E-state index contributed by atoms with van der Waals surface area (Å²) in [6.07, 6.45) is -3.92. The number of hydrogen-bond acceptors (Lipinski definition) is 7. The van der Waals surface area contributed by atoms with Gasteiger partial charge in [-0.2, -0.15) is 13.2 Å². The van der Waals surface area contributed by atoms with Gasteiger partial charge in [-0.25, -0.2) is 0 Å². The highest BCUT2D eigenvalue weighted by Gasteiger charge is 2.47. The number of piperidine rings is 1. The quantitative estimate of drug-likeness (QED) is 0.156. The molecule has 0 aliphatic carbocycles. The van der Waals surface area contributed by atoms with Gasteiger partial charge >= 0.3 is 12.1 Å². The molecule has 3 aliphatic rings. The van der Waals surface area contributed by atoms with Crippen LogP contribution < -0.4 is 5.32 Å². The fourth-order valence-electron chi connectivity index (χ4n) is 7.95. The minimum atomic E-state index is -5.03. The second kappa shape index (κ2) is 17.1. The van der Waals surface area contributed by atoms with Crippen molar-refractivity contribution in [1.82, 2.24) is 15.1 Å². The van der Waals surface area contributed by atoms with Crippen molar-refractivity contribution in [1.29, 1.82) is 0 Å². The van der Waals surface area contributed by atoms with E-state index in [1.54, 1.807) is 12.1 Å². The lowest BCUT2D eigenvalue weighted by atomic mass is 9.84. The smallest absolute Gasteiger partial charge is 0.392 e. The van der Waals surface area contributed by atoms with Crippen LogP contribution in [-0.4, -0.2) is 76.3 Å². The number of aliphatic hydroxyl groups is 2. The normalized spacial score (nSPS) is 22.9. The molecule has 296 valence electrons. The summed E-state index contributed by atoms with van der Waals surface area (Å²) in [5, 5.41) is 24.4. The average Bonchev–Trinajstić information content (AvgIpc) is 3.71. The molecule has 4 aromatic rings. The molecular formula is C43H45ClF3N3O6. The van der Waals surface area contributed by atoms with Crippen LogP contribution in [0.25, 0.3) is 11.1 Å². The third kappa shape index (κ3) is 9.28. The van der Waals surface area contributed by atoms with Gasteiger partial charge in [0, 0.05) is 49.7 Å². The summed E-state index contributed by atoms with van der Waals surface area (Å²) < 4.78 is 52.6. The maximum absolute atomic E-state index is 13.1. The van der Waals surface area contributed by atoms with E-state index < -0.39 is 35.9 Å². The van der Waals surface area contributed by atoms with Crippen molar-refractivity contribution in [3.05, 3.63) is 130 Å². The van der Waals surface area contributed by atoms with E-state index >= 15 is 0 Å². The Morgan fingerprint density at radius 3 is 2.25 bits per heavy atom. The monoisotopic (exact) mass is 791 g/mol. The van der Waals surface area contributed by atoms with Crippen LogP contribution in [0, 0.1) is 0 Å². The lowest BCUT2D eigenvalue weighted by molar-refractivity contribution is -0.253. The fraction of sp³-hybridized carbons (Fsp3) is 0.395. The van der Waals surface area contributed by atoms with Gasteiger partial charge in [-0.05, 0) is 83.3 Å². The van der Waals surface area contributed by atoms with Crippen LogP contribution in [0.5, 0.6) is 0 Å². The number of nitrogens with zero attached hydrogens (tertiary/aromatic N) is 2. The molecule has 3 fully saturated rings. The van der Waals surface area contributed by atoms with E-state index in [9.17, 15) is 33.0 Å². The predicted molar refractivity (Wildman–Crippen MR) is 204 cm³/mol. The molecule has 0 saturated carbocycles. The molecule has 9 nitrogen and oxygen atoms in total. The number of benzene rings is 4. The zero-order valence-corrected chi connectivity index (χ0v) is 31.5. The molecule has 7 rings (SSSR count). The van der Waals surface area contributed by atoms with Crippen LogP contribution in [0.3, 0.4) is 0 Å². The molecule has 0 spiro atoms. The summed E-state index contributed by atoms with van der Waals surface area (Å²) in [6, 6.07) is 29.3. The van der Waals surface area contributed by atoms with Crippen molar-refractivity contribution in [2.75, 3.05) is 26.2 Å². The second-order valence-electron chi connectivity index (χ2n) is 14.9. The van der Waals surface area contributed by atoms with Crippen LogP contribution in [0.15, 0.2) is 97.1 Å². The van der Waals surface area contributed by atoms with Gasteiger partial charge in [-0.3, -0.25) is 9.59 Å². The molecule has 56 heavy (non-hydrogen) atoms. The van der Waals surface area contributed by atoms with Crippen molar-refractivity contribution in [2.24, 2.45) is 0 Å². The number of aliphatic hydroxyl groups excluding tert-OH is 1. The van der Waals surface area contributed by atoms with E-state index in [0.29, 0.717) is 55.2 Å². The summed E-state index contributed by atoms with van der Waals surface area (Å²) >= 11 is 6.09. The highest BCUT2D eigenvalue weighted by atomic mass is 35.5. The number of amides is 2. The van der Waals surface area contributed by atoms with Crippen molar-refractivity contribution < 1.29 is 42.4 Å². The Morgan fingerprint density at radius 2 is 1.55 bits per heavy atom. The Kier molecular flexibility index (Phi) is 12.2. The molecule has 13 heteroatoms. The number of rotatable bonds is 10. The zero-order chi connectivity index (χ0) is 39.5. The minimum absolute atomic E-state index is 0.0556. The summed E-state index contributed by atoms with van der Waals surface area (Å²) in [5.41, 5.74) is 5.02. The molecule has 3 N–H and O–H groups in total. The van der Waals surface area contributed by atoms with Crippen molar-refractivity contribution in [3.63, 3.8) is 0 Å². The van der Waals surface area contributed by atoms with Gasteiger partial charge in [-0.1, -0.05) is 84.4 Å². The zero-order valence-electron chi connectivity index (χ0n) is 30.8. The molecular weight excluding hydrogens is 747 g/mol. The average molecular weight is 792 g/mol. The molecule has 3 aliphatic heterocycles. The van der Waals surface area contributed by atoms with Gasteiger partial charge in [0.1, 0.15) is 6.04 Å². The number of halogens is 4. The third-order valence-corrected chi connectivity index (χ3v) is 11.3. The summed E-state index contributed by atoms with van der Waals surface area (Å²) in [5.74, 6) is -2.61. The van der Waals surface area contributed by atoms with E-state index in [0.717, 1.165) is 38.9 Å². The molecule has 4 unspecified atom stereocenters. The Balaban J connectivity index is 1.04. The van der Waals surface area contributed by atoms with E-state index in [2.05, 4.69) is 10.2 Å². The van der Waals surface area contributed by atoms with E-state index in [1.807, 2.05) is 84.9 Å². The minimum Gasteiger partial charge on any atom is -0.392 e. The standard InChI is InChI=1S/C43H45ClF3N3O6/c44-35-15-13-34(14-16-35)42(54)17-20-49(21-18-42)26-36-24-38(30-11-9-28(27-51)10-12-30)56-40(55-36)33-7-2-6-32(23-33)31-5-1-4-29(22-31)25-48-39(52)37-8-3-19-50(37)41(53)43(45,46)47/h1-2,4-7,9-16,22-23,36-38,40,51,54H,3,8,17-21,24-27H2,(H,48,52). The first-order chi connectivity index (χ1) is 26.9. The fourth-order valence-corrected chi connectivity index (χ4v) is 8.08. The molecule has 0 bridgehead atoms. The molecule has 4 atom stereocenters. The summed E-state index contributed by atoms with van der Waals surface area (Å²) in [4.78, 5) is 27.7. The number of hydrogen-bond donors (Lipinski definition) is 3. The SMILES string of the molecule is O=C(NCc1cccc(-c2cccc(C3OC(CN4CCC(O)(c5ccc(Cl)cc5)CC4)CC(c4ccc(CO)cc4)O3)c2)c1)C1CCCN1C(=O)C(F)(F)F. The lowest BCUT2D eigenvalue weighted by Crippen LogP contribution is -2.50. The lowest BCUT2D eigenvalue weighted by Gasteiger charge is -2.42. The van der Waals surface area contributed by atoms with Crippen LogP contribution in [-0.2, 0) is 37.8 Å². The Labute approximate surface area is 329 Å². The van der Waals surface area contributed by atoms with E-state index in [-0.39, 0.29) is 38.3 Å². The molecule has 4 aromatic carbocycles. The molecule has 3 saturated heterocycles. The maximum Gasteiger partial charge on any atom is 0.471 e. The van der Waals surface area contributed by atoms with Crippen LogP contribution in [0.4, 0.5) is 13.2 Å². The highest BCUT2D eigenvalue weighted by molar-refractivity contribution is 6.30. The first kappa shape index (κ1) is 39.9. The van der Waals surface area contributed by atoms with Gasteiger partial charge in [0.05, 0.1) is 24.4 Å². The Bertz CT molecular complexity index is 1990. The van der Waals surface area contributed by atoms with Gasteiger partial charge in [0.2, 0.25) is 5.91 Å². The highest BCUT2D eigenvalue weighted by Crippen LogP contribution is 2.40. The number of likely N-dealkylation sites (tertiary alicyclic amines) is 2. The Morgan fingerprint density at radius 1 is 0.857 bits per heavy atom. The van der Waals surface area contributed by atoms with Gasteiger partial charge in [0.25, 0.3) is 0 Å². The largest absolute Gasteiger partial charge is 0.471 e. The number of ether oxygens (including phenoxy) is 2. The van der Waals surface area contributed by atoms with Crippen LogP contribution in [0.2, 0.25) is 5.02 Å². The topological polar surface area (TPSA) is 112 Å². The van der Waals surface area contributed by atoms with E-state index in [1.165, 1.54) is 0 Å². The van der Waals surface area contributed by atoms with Crippen molar-refractivity contribution in [3.8, 4) is 11.1 Å². The van der Waals surface area contributed by atoms with Crippen molar-refractivity contribution >= 4 is 23.4 Å². The maximum atomic E-state index is 13.1. The van der Waals surface area contributed by atoms with Gasteiger partial charge < -0.3 is 34.8 Å². The molecule has 0 radical (unpaired) electrons. The van der Waals surface area contributed by atoms with Crippen molar-refractivity contribution in [2.45, 2.75) is 81.6 Å². The molecule has 0 aromatic heterocycles. The van der Waals surface area contributed by atoms with E-state index in [4.69, 9.17) is 21.1 Å². The first-order valence-electron chi connectivity index (χ1n) is 18.9. The molecule has 3 heterocycles. The predicted octanol–water partition coefficient (Wildman–Crippen LogP) is 7.20. The summed E-state index contributed by atoms with van der Waals surface area (Å²) in [6.45, 7) is 1.95. The molecule has 2 amide bonds. The number of carbonyl (C=O) groups is 2. The Hall–Kier alpha value is -4.30. The van der Waals surface area contributed by atoms with Gasteiger partial charge in [-0.15, -0.1) is 0 Å². The summed E-state index contributed by atoms with van der Waals surface area (Å²) in [7, 11) is 0. The number of alkyl halides is 3.